The van der Waals surface area contributed by atoms with E-state index in [1.807, 2.05) is 24.3 Å². The molecule has 2 heteroatoms. The molecule has 2 fully saturated rings. The van der Waals surface area contributed by atoms with Crippen molar-refractivity contribution in [2.24, 2.45) is 17.8 Å². The molecule has 2 aliphatic carbocycles. The first-order valence-electron chi connectivity index (χ1n) is 15.7. The van der Waals surface area contributed by atoms with Gasteiger partial charge in [-0.3, -0.25) is 0 Å². The fraction of sp³-hybridized carbons (Fsp3) is 0.657. The van der Waals surface area contributed by atoms with Gasteiger partial charge in [0.25, 0.3) is 0 Å². The maximum absolute atomic E-state index is 9.86. The fourth-order valence-corrected chi connectivity index (χ4v) is 7.43. The summed E-state index contributed by atoms with van der Waals surface area (Å²) in [5, 5.41) is 19.7. The van der Waals surface area contributed by atoms with Gasteiger partial charge >= 0.3 is 0 Å². The average Bonchev–Trinajstić information content (AvgIpc) is 2.93. The number of phenolic OH excluding ortho intramolecular Hbond substituents is 2. The van der Waals surface area contributed by atoms with Crippen LogP contribution < -0.4 is 0 Å². The summed E-state index contributed by atoms with van der Waals surface area (Å²) in [5.74, 6) is 3.47. The molecule has 2 saturated carbocycles. The molecule has 0 amide bonds. The van der Waals surface area contributed by atoms with Crippen molar-refractivity contribution in [3.63, 3.8) is 0 Å². The molecule has 4 rings (SSSR count). The van der Waals surface area contributed by atoms with Crippen LogP contribution in [0.15, 0.2) is 48.5 Å². The summed E-state index contributed by atoms with van der Waals surface area (Å²) in [6.07, 6.45) is 25.1. The molecule has 0 heterocycles. The van der Waals surface area contributed by atoms with E-state index in [-0.39, 0.29) is 5.41 Å². The molecular formula is C35H52O2. The van der Waals surface area contributed by atoms with Crippen molar-refractivity contribution < 1.29 is 10.2 Å². The van der Waals surface area contributed by atoms with Gasteiger partial charge in [0.2, 0.25) is 0 Å². The second-order valence-corrected chi connectivity index (χ2v) is 12.5. The van der Waals surface area contributed by atoms with Gasteiger partial charge in [0.05, 0.1) is 0 Å². The van der Waals surface area contributed by atoms with E-state index in [0.717, 1.165) is 30.6 Å². The van der Waals surface area contributed by atoms with Crippen LogP contribution in [0.2, 0.25) is 0 Å². The summed E-state index contributed by atoms with van der Waals surface area (Å²) in [6, 6.07) is 15.7. The van der Waals surface area contributed by atoms with Gasteiger partial charge in [-0.15, -0.1) is 0 Å². The van der Waals surface area contributed by atoms with Crippen LogP contribution in [0.25, 0.3) is 0 Å². The zero-order valence-corrected chi connectivity index (χ0v) is 23.5. The number of benzene rings is 2. The van der Waals surface area contributed by atoms with Gasteiger partial charge in [0.1, 0.15) is 11.5 Å². The third-order valence-corrected chi connectivity index (χ3v) is 9.96. The zero-order chi connectivity index (χ0) is 25.9. The van der Waals surface area contributed by atoms with Crippen LogP contribution in [0, 0.1) is 17.8 Å². The molecule has 2 aromatic rings. The molecule has 0 radical (unpaired) electrons. The summed E-state index contributed by atoms with van der Waals surface area (Å²) in [7, 11) is 0. The SMILES string of the molecule is CCCCCCCCCC1CCC(CCC2CCC(c3ccc(O)cc3)(c3ccc(O)cc3)CC2)CC1. The Kier molecular flexibility index (Phi) is 10.8. The Balaban J connectivity index is 1.20. The molecule has 0 saturated heterocycles. The predicted molar refractivity (Wildman–Crippen MR) is 156 cm³/mol. The van der Waals surface area contributed by atoms with E-state index in [2.05, 4.69) is 31.2 Å². The molecule has 2 aromatic carbocycles. The largest absolute Gasteiger partial charge is 0.508 e. The summed E-state index contributed by atoms with van der Waals surface area (Å²) in [5.41, 5.74) is 2.59. The molecule has 0 spiro atoms. The van der Waals surface area contributed by atoms with Gasteiger partial charge < -0.3 is 10.2 Å². The van der Waals surface area contributed by atoms with E-state index in [4.69, 9.17) is 0 Å². The highest BCUT2D eigenvalue weighted by Gasteiger charge is 2.38. The topological polar surface area (TPSA) is 40.5 Å². The maximum atomic E-state index is 9.86. The van der Waals surface area contributed by atoms with Crippen LogP contribution in [0.1, 0.15) is 134 Å². The molecule has 0 bridgehead atoms. The van der Waals surface area contributed by atoms with Crippen molar-refractivity contribution in [2.75, 3.05) is 0 Å². The fourth-order valence-electron chi connectivity index (χ4n) is 7.43. The predicted octanol–water partition coefficient (Wildman–Crippen LogP) is 10.3. The van der Waals surface area contributed by atoms with Crippen LogP contribution in [0.5, 0.6) is 11.5 Å². The molecule has 0 aliphatic heterocycles. The monoisotopic (exact) mass is 504 g/mol. The Labute approximate surface area is 226 Å². The smallest absolute Gasteiger partial charge is 0.115 e. The van der Waals surface area contributed by atoms with Gasteiger partial charge in [0, 0.05) is 5.41 Å². The van der Waals surface area contributed by atoms with Gasteiger partial charge in [-0.2, -0.15) is 0 Å². The van der Waals surface area contributed by atoms with E-state index >= 15 is 0 Å². The lowest BCUT2D eigenvalue weighted by molar-refractivity contribution is 0.208. The molecule has 2 nitrogen and oxygen atoms in total. The highest BCUT2D eigenvalue weighted by atomic mass is 16.3. The number of phenols is 2. The highest BCUT2D eigenvalue weighted by molar-refractivity contribution is 5.43. The molecule has 204 valence electrons. The second-order valence-electron chi connectivity index (χ2n) is 12.5. The minimum atomic E-state index is -0.00798. The van der Waals surface area contributed by atoms with Gasteiger partial charge in [-0.05, 0) is 78.8 Å². The Hall–Kier alpha value is -1.96. The first-order valence-corrected chi connectivity index (χ1v) is 15.7. The summed E-state index contributed by atoms with van der Waals surface area (Å²) < 4.78 is 0. The van der Waals surface area contributed by atoms with Gasteiger partial charge in [-0.1, -0.05) is 121 Å². The molecule has 0 unspecified atom stereocenters. The average molecular weight is 505 g/mol. The Morgan fingerprint density at radius 1 is 0.541 bits per heavy atom. The number of rotatable bonds is 13. The molecule has 37 heavy (non-hydrogen) atoms. The van der Waals surface area contributed by atoms with Crippen molar-refractivity contribution in [1.82, 2.24) is 0 Å². The molecule has 0 atom stereocenters. The van der Waals surface area contributed by atoms with Crippen LogP contribution in [0.3, 0.4) is 0 Å². The highest BCUT2D eigenvalue weighted by Crippen LogP contribution is 2.48. The third kappa shape index (κ3) is 8.01. The van der Waals surface area contributed by atoms with Crippen LogP contribution >= 0.6 is 0 Å². The standard InChI is InChI=1S/C35H52O2/c1-2-3-4-5-6-7-8-9-28-10-12-29(13-11-28)14-15-30-24-26-35(27-25-30,31-16-20-33(36)21-17-31)32-18-22-34(37)23-19-32/h16-23,28-30,36-37H,2-15,24-27H2,1H3. The summed E-state index contributed by atoms with van der Waals surface area (Å²) in [6.45, 7) is 2.30. The van der Waals surface area contributed by atoms with Crippen molar-refractivity contribution in [2.45, 2.75) is 128 Å². The third-order valence-electron chi connectivity index (χ3n) is 9.96. The lowest BCUT2D eigenvalue weighted by Gasteiger charge is -2.42. The molecular weight excluding hydrogens is 452 g/mol. The second kappa shape index (κ2) is 14.3. The van der Waals surface area contributed by atoms with Crippen molar-refractivity contribution >= 4 is 0 Å². The van der Waals surface area contributed by atoms with E-state index in [1.165, 1.54) is 114 Å². The van der Waals surface area contributed by atoms with Crippen LogP contribution in [0.4, 0.5) is 0 Å². The molecule has 0 aromatic heterocycles. The number of hydrogen-bond donors (Lipinski definition) is 2. The first kappa shape index (κ1) is 28.1. The minimum absolute atomic E-state index is 0.00798. The summed E-state index contributed by atoms with van der Waals surface area (Å²) >= 11 is 0. The van der Waals surface area contributed by atoms with E-state index < -0.39 is 0 Å². The Morgan fingerprint density at radius 3 is 1.43 bits per heavy atom. The number of aromatic hydroxyl groups is 2. The van der Waals surface area contributed by atoms with Crippen LogP contribution in [-0.2, 0) is 5.41 Å². The number of unbranched alkanes of at least 4 members (excludes halogenated alkanes) is 6. The first-order chi connectivity index (χ1) is 18.1. The van der Waals surface area contributed by atoms with Crippen molar-refractivity contribution in [3.05, 3.63) is 59.7 Å². The van der Waals surface area contributed by atoms with Crippen LogP contribution in [-0.4, -0.2) is 10.2 Å². The summed E-state index contributed by atoms with van der Waals surface area (Å²) in [4.78, 5) is 0. The normalized spacial score (nSPS) is 22.2. The molecule has 2 N–H and O–H groups in total. The lowest BCUT2D eigenvalue weighted by atomic mass is 9.62. The Bertz CT molecular complexity index is 836. The lowest BCUT2D eigenvalue weighted by Crippen LogP contribution is -2.33. The van der Waals surface area contributed by atoms with Crippen molar-refractivity contribution in [1.29, 1.82) is 0 Å². The van der Waals surface area contributed by atoms with E-state index in [0.29, 0.717) is 11.5 Å². The molecule has 2 aliphatic rings. The van der Waals surface area contributed by atoms with Crippen molar-refractivity contribution in [3.8, 4) is 11.5 Å². The van der Waals surface area contributed by atoms with Gasteiger partial charge in [0.15, 0.2) is 0 Å². The minimum Gasteiger partial charge on any atom is -0.508 e. The zero-order valence-electron chi connectivity index (χ0n) is 23.5. The van der Waals surface area contributed by atoms with E-state index in [9.17, 15) is 10.2 Å². The quantitative estimate of drug-likeness (QED) is 0.266. The Morgan fingerprint density at radius 2 is 0.946 bits per heavy atom. The van der Waals surface area contributed by atoms with E-state index in [1.54, 1.807) is 0 Å². The maximum Gasteiger partial charge on any atom is 0.115 e. The van der Waals surface area contributed by atoms with Gasteiger partial charge in [-0.25, -0.2) is 0 Å². The number of hydrogen-bond acceptors (Lipinski definition) is 2.